The van der Waals surface area contributed by atoms with Crippen molar-refractivity contribution in [3.05, 3.63) is 47.8 Å². The van der Waals surface area contributed by atoms with E-state index in [1.165, 1.54) is 24.1 Å². The fraction of sp³-hybridized carbons (Fsp3) is 0.524. The number of hydrogen-bond acceptors (Lipinski definition) is 4. The molecular weight excluding hydrogens is 340 g/mol. The molecule has 1 amide bonds. The highest BCUT2D eigenvalue weighted by Gasteiger charge is 2.25. The largest absolute Gasteiger partial charge is 0.378 e. The number of carbonyl (C=O) groups excluding carboxylic acids is 1. The zero-order valence-corrected chi connectivity index (χ0v) is 16.0. The topological polar surface area (TPSA) is 50.6 Å². The zero-order chi connectivity index (χ0) is 18.6. The minimum atomic E-state index is 0.0381. The molecule has 2 heterocycles. The molecule has 1 saturated carbocycles. The molecule has 0 radical (unpaired) electrons. The van der Waals surface area contributed by atoms with Crippen LogP contribution in [0.1, 0.15) is 47.8 Å². The van der Waals surface area contributed by atoms with E-state index in [2.05, 4.69) is 28.2 Å². The third-order valence-corrected chi connectivity index (χ3v) is 5.66. The first-order valence-corrected chi connectivity index (χ1v) is 9.93. The molecule has 4 rings (SSSR count). The van der Waals surface area contributed by atoms with Crippen molar-refractivity contribution in [1.82, 2.24) is 14.7 Å². The van der Waals surface area contributed by atoms with Gasteiger partial charge in [0.1, 0.15) is 5.69 Å². The minimum Gasteiger partial charge on any atom is -0.378 e. The van der Waals surface area contributed by atoms with Crippen molar-refractivity contribution >= 4 is 11.6 Å². The smallest absolute Gasteiger partial charge is 0.272 e. The van der Waals surface area contributed by atoms with Crippen molar-refractivity contribution in [1.29, 1.82) is 0 Å². The molecule has 1 aliphatic heterocycles. The predicted molar refractivity (Wildman–Crippen MR) is 105 cm³/mol. The SMILES string of the molecule is CN(Cc1ccccc1N1CCOCC1)C(=O)c1ccnn1C1CCCC1. The summed E-state index contributed by atoms with van der Waals surface area (Å²) in [5.41, 5.74) is 3.07. The minimum absolute atomic E-state index is 0.0381. The summed E-state index contributed by atoms with van der Waals surface area (Å²) in [5.74, 6) is 0.0381. The second-order valence-corrected chi connectivity index (χ2v) is 7.49. The number of rotatable bonds is 5. The monoisotopic (exact) mass is 368 g/mol. The second kappa shape index (κ2) is 8.13. The van der Waals surface area contributed by atoms with Gasteiger partial charge in [0.2, 0.25) is 0 Å². The fourth-order valence-corrected chi connectivity index (χ4v) is 4.20. The number of hydrogen-bond donors (Lipinski definition) is 0. The lowest BCUT2D eigenvalue weighted by molar-refractivity contribution is 0.0769. The Morgan fingerprint density at radius 2 is 1.93 bits per heavy atom. The number of aromatic nitrogens is 2. The molecule has 27 heavy (non-hydrogen) atoms. The first-order chi connectivity index (χ1) is 13.2. The normalized spacial score (nSPS) is 18.0. The van der Waals surface area contributed by atoms with E-state index in [9.17, 15) is 4.79 Å². The quantitative estimate of drug-likeness (QED) is 0.814. The Morgan fingerprint density at radius 1 is 1.19 bits per heavy atom. The molecule has 0 N–H and O–H groups in total. The van der Waals surface area contributed by atoms with E-state index in [1.54, 1.807) is 6.20 Å². The summed E-state index contributed by atoms with van der Waals surface area (Å²) >= 11 is 0. The standard InChI is InChI=1S/C21H28N4O2/c1-23(21(26)20-10-11-22-25(20)18-7-3-4-8-18)16-17-6-2-5-9-19(17)24-12-14-27-15-13-24/h2,5-6,9-11,18H,3-4,7-8,12-16H2,1H3. The van der Waals surface area contributed by atoms with Gasteiger partial charge in [0, 0.05) is 38.6 Å². The maximum absolute atomic E-state index is 13.1. The van der Waals surface area contributed by atoms with Gasteiger partial charge in [-0.2, -0.15) is 5.10 Å². The Morgan fingerprint density at radius 3 is 2.70 bits per heavy atom. The van der Waals surface area contributed by atoms with Gasteiger partial charge in [-0.3, -0.25) is 9.48 Å². The van der Waals surface area contributed by atoms with Crippen LogP contribution < -0.4 is 4.90 Å². The van der Waals surface area contributed by atoms with Crippen LogP contribution in [-0.2, 0) is 11.3 Å². The highest BCUT2D eigenvalue weighted by Crippen LogP contribution is 2.30. The van der Waals surface area contributed by atoms with E-state index in [0.717, 1.165) is 39.1 Å². The lowest BCUT2D eigenvalue weighted by Crippen LogP contribution is -2.37. The molecule has 0 spiro atoms. The lowest BCUT2D eigenvalue weighted by Gasteiger charge is -2.31. The van der Waals surface area contributed by atoms with Gasteiger partial charge in [0.05, 0.1) is 19.3 Å². The summed E-state index contributed by atoms with van der Waals surface area (Å²) in [6.07, 6.45) is 6.43. The van der Waals surface area contributed by atoms with Crippen LogP contribution in [0.25, 0.3) is 0 Å². The zero-order valence-electron chi connectivity index (χ0n) is 16.0. The molecule has 1 aliphatic carbocycles. The van der Waals surface area contributed by atoms with Crippen LogP contribution in [0.5, 0.6) is 0 Å². The summed E-state index contributed by atoms with van der Waals surface area (Å²) in [5, 5.41) is 4.45. The molecule has 0 bridgehead atoms. The Balaban J connectivity index is 1.50. The molecular formula is C21H28N4O2. The van der Waals surface area contributed by atoms with E-state index < -0.39 is 0 Å². The van der Waals surface area contributed by atoms with Crippen LogP contribution >= 0.6 is 0 Å². The Labute approximate surface area is 160 Å². The molecule has 6 heteroatoms. The van der Waals surface area contributed by atoms with Gasteiger partial charge in [-0.1, -0.05) is 31.0 Å². The highest BCUT2D eigenvalue weighted by molar-refractivity contribution is 5.92. The number of anilines is 1. The lowest BCUT2D eigenvalue weighted by atomic mass is 10.1. The van der Waals surface area contributed by atoms with Gasteiger partial charge in [-0.15, -0.1) is 0 Å². The molecule has 6 nitrogen and oxygen atoms in total. The van der Waals surface area contributed by atoms with Gasteiger partial charge in [-0.25, -0.2) is 0 Å². The Kier molecular flexibility index (Phi) is 5.43. The number of para-hydroxylation sites is 1. The van der Waals surface area contributed by atoms with Crippen LogP contribution in [-0.4, -0.2) is 53.9 Å². The van der Waals surface area contributed by atoms with E-state index >= 15 is 0 Å². The molecule has 2 aromatic rings. The third kappa shape index (κ3) is 3.86. The highest BCUT2D eigenvalue weighted by atomic mass is 16.5. The van der Waals surface area contributed by atoms with E-state index in [4.69, 9.17) is 4.74 Å². The van der Waals surface area contributed by atoms with Crippen molar-refractivity contribution in [2.75, 3.05) is 38.3 Å². The fourth-order valence-electron chi connectivity index (χ4n) is 4.20. The number of amides is 1. The van der Waals surface area contributed by atoms with Crippen molar-refractivity contribution in [2.24, 2.45) is 0 Å². The number of ether oxygens (including phenoxy) is 1. The van der Waals surface area contributed by atoms with E-state index in [1.807, 2.05) is 28.8 Å². The summed E-state index contributed by atoms with van der Waals surface area (Å²) in [7, 11) is 1.88. The summed E-state index contributed by atoms with van der Waals surface area (Å²) in [4.78, 5) is 17.3. The summed E-state index contributed by atoms with van der Waals surface area (Å²) < 4.78 is 7.42. The second-order valence-electron chi connectivity index (χ2n) is 7.49. The molecule has 0 unspecified atom stereocenters. The summed E-state index contributed by atoms with van der Waals surface area (Å²) in [6.45, 7) is 3.88. The van der Waals surface area contributed by atoms with Crippen LogP contribution in [0.2, 0.25) is 0 Å². The predicted octanol–water partition coefficient (Wildman–Crippen LogP) is 3.11. The van der Waals surface area contributed by atoms with Crippen molar-refractivity contribution in [2.45, 2.75) is 38.3 Å². The molecule has 144 valence electrons. The first kappa shape index (κ1) is 18.0. The molecule has 1 aromatic heterocycles. The first-order valence-electron chi connectivity index (χ1n) is 9.93. The van der Waals surface area contributed by atoms with Gasteiger partial charge in [0.25, 0.3) is 5.91 Å². The number of nitrogens with zero attached hydrogens (tertiary/aromatic N) is 4. The van der Waals surface area contributed by atoms with E-state index in [0.29, 0.717) is 18.3 Å². The third-order valence-electron chi connectivity index (χ3n) is 5.66. The van der Waals surface area contributed by atoms with Gasteiger partial charge in [0.15, 0.2) is 0 Å². The van der Waals surface area contributed by atoms with E-state index in [-0.39, 0.29) is 5.91 Å². The maximum Gasteiger partial charge on any atom is 0.272 e. The van der Waals surface area contributed by atoms with Crippen molar-refractivity contribution < 1.29 is 9.53 Å². The van der Waals surface area contributed by atoms with Crippen LogP contribution in [0.3, 0.4) is 0 Å². The molecule has 1 saturated heterocycles. The number of carbonyl (C=O) groups is 1. The number of benzene rings is 1. The number of morpholine rings is 1. The summed E-state index contributed by atoms with van der Waals surface area (Å²) in [6, 6.07) is 10.6. The van der Waals surface area contributed by atoms with Crippen LogP contribution in [0.15, 0.2) is 36.5 Å². The average Bonchev–Trinajstić information content (AvgIpc) is 3.40. The van der Waals surface area contributed by atoms with Gasteiger partial charge < -0.3 is 14.5 Å². The van der Waals surface area contributed by atoms with Gasteiger partial charge >= 0.3 is 0 Å². The van der Waals surface area contributed by atoms with Crippen LogP contribution in [0, 0.1) is 0 Å². The maximum atomic E-state index is 13.1. The molecule has 0 atom stereocenters. The molecule has 2 aliphatic rings. The van der Waals surface area contributed by atoms with Crippen LogP contribution in [0.4, 0.5) is 5.69 Å². The van der Waals surface area contributed by atoms with Crippen molar-refractivity contribution in [3.63, 3.8) is 0 Å². The van der Waals surface area contributed by atoms with Gasteiger partial charge in [-0.05, 0) is 30.5 Å². The average molecular weight is 368 g/mol. The van der Waals surface area contributed by atoms with Crippen molar-refractivity contribution in [3.8, 4) is 0 Å². The molecule has 2 fully saturated rings. The Bertz CT molecular complexity index is 776. The molecule has 1 aromatic carbocycles. The Hall–Kier alpha value is -2.34.